The van der Waals surface area contributed by atoms with Crippen LogP contribution in [0, 0.1) is 0 Å². The number of para-hydroxylation sites is 2. The van der Waals surface area contributed by atoms with Crippen molar-refractivity contribution < 1.29 is 19.1 Å². The molecule has 2 atom stereocenters. The summed E-state index contributed by atoms with van der Waals surface area (Å²) in [6.45, 7) is 2.47. The van der Waals surface area contributed by atoms with Crippen LogP contribution in [0.3, 0.4) is 0 Å². The number of anilines is 1. The maximum atomic E-state index is 14.1. The Morgan fingerprint density at radius 2 is 1.76 bits per heavy atom. The van der Waals surface area contributed by atoms with E-state index in [0.29, 0.717) is 30.0 Å². The van der Waals surface area contributed by atoms with Crippen LogP contribution in [0.1, 0.15) is 46.6 Å². The predicted octanol–water partition coefficient (Wildman–Crippen LogP) is 4.80. The number of benzene rings is 3. The second-order valence-electron chi connectivity index (χ2n) is 9.59. The van der Waals surface area contributed by atoms with Crippen LogP contribution < -0.4 is 15.0 Å². The molecule has 1 aromatic heterocycles. The largest absolute Gasteiger partial charge is 0.497 e. The lowest BCUT2D eigenvalue weighted by Crippen LogP contribution is -2.44. The Bertz CT molecular complexity index is 1560. The number of carbonyl (C=O) groups excluding carboxylic acids is 3. The normalized spacial score (nSPS) is 18.5. The average molecular weight is 509 g/mol. The summed E-state index contributed by atoms with van der Waals surface area (Å²) in [6, 6.07) is 20.7. The number of rotatable bonds is 6. The molecule has 8 nitrogen and oxygen atoms in total. The van der Waals surface area contributed by atoms with Crippen LogP contribution in [-0.4, -0.2) is 47.4 Å². The molecule has 2 aliphatic heterocycles. The zero-order valence-electron chi connectivity index (χ0n) is 21.2. The Kier molecular flexibility index (Phi) is 5.87. The highest BCUT2D eigenvalue weighted by molar-refractivity contribution is 6.24. The van der Waals surface area contributed by atoms with Gasteiger partial charge >= 0.3 is 6.03 Å². The first kappa shape index (κ1) is 23.8. The highest BCUT2D eigenvalue weighted by Crippen LogP contribution is 2.45. The Labute approximate surface area is 220 Å². The number of hydrogen-bond acceptors (Lipinski definition) is 4. The summed E-state index contributed by atoms with van der Waals surface area (Å²) in [5.41, 5.74) is 4.34. The lowest BCUT2D eigenvalue weighted by atomic mass is 9.89. The maximum Gasteiger partial charge on any atom is 0.332 e. The maximum absolute atomic E-state index is 14.1. The van der Waals surface area contributed by atoms with Crippen molar-refractivity contribution in [3.63, 3.8) is 0 Å². The van der Waals surface area contributed by atoms with Crippen molar-refractivity contribution in [2.75, 3.05) is 18.6 Å². The van der Waals surface area contributed by atoms with Crippen molar-refractivity contribution in [1.82, 2.24) is 15.2 Å². The van der Waals surface area contributed by atoms with E-state index in [0.717, 1.165) is 34.1 Å². The first-order chi connectivity index (χ1) is 18.5. The fraction of sp³-hybridized carbons (Fsp3) is 0.233. The van der Waals surface area contributed by atoms with Crippen molar-refractivity contribution in [1.29, 1.82) is 0 Å². The molecule has 1 fully saturated rings. The minimum absolute atomic E-state index is 0.299. The number of imide groups is 1. The van der Waals surface area contributed by atoms with Crippen molar-refractivity contribution in [3.05, 3.63) is 95.2 Å². The van der Waals surface area contributed by atoms with Gasteiger partial charge < -0.3 is 15.0 Å². The van der Waals surface area contributed by atoms with Gasteiger partial charge in [-0.3, -0.25) is 14.5 Å². The molecule has 0 saturated carbocycles. The number of urea groups is 1. The average Bonchev–Trinajstić information content (AvgIpc) is 3.44. The van der Waals surface area contributed by atoms with E-state index in [9.17, 15) is 14.4 Å². The number of aromatic amines is 1. The third-order valence-electron chi connectivity index (χ3n) is 7.41. The third kappa shape index (κ3) is 3.63. The number of ether oxygens (including phenoxy) is 1. The van der Waals surface area contributed by atoms with Gasteiger partial charge in [-0.2, -0.15) is 0 Å². The Hall–Kier alpha value is -4.59. The molecule has 1 saturated heterocycles. The molecule has 1 unspecified atom stereocenters. The molecule has 4 aromatic rings. The van der Waals surface area contributed by atoms with Crippen LogP contribution in [0.4, 0.5) is 10.5 Å². The highest BCUT2D eigenvalue weighted by Gasteiger charge is 2.53. The zero-order valence-corrected chi connectivity index (χ0v) is 21.2. The monoisotopic (exact) mass is 508 g/mol. The molecule has 0 bridgehead atoms. The number of aromatic nitrogens is 1. The number of H-pyrrole nitrogens is 1. The van der Waals surface area contributed by atoms with Crippen LogP contribution in [0.2, 0.25) is 0 Å². The predicted molar refractivity (Wildman–Crippen MR) is 144 cm³/mol. The van der Waals surface area contributed by atoms with Gasteiger partial charge in [0.15, 0.2) is 0 Å². The van der Waals surface area contributed by atoms with Gasteiger partial charge in [-0.25, -0.2) is 9.69 Å². The molecule has 0 spiro atoms. The molecule has 2 N–H and O–H groups in total. The topological polar surface area (TPSA) is 94.7 Å². The van der Waals surface area contributed by atoms with E-state index >= 15 is 0 Å². The number of amides is 4. The molecule has 3 heterocycles. The summed E-state index contributed by atoms with van der Waals surface area (Å²) in [5, 5.41) is 3.90. The summed E-state index contributed by atoms with van der Waals surface area (Å²) >= 11 is 0. The number of fused-ring (bicyclic) bond motifs is 4. The minimum Gasteiger partial charge on any atom is -0.497 e. The molecule has 0 aliphatic carbocycles. The molecule has 38 heavy (non-hydrogen) atoms. The smallest absolute Gasteiger partial charge is 0.332 e. The van der Waals surface area contributed by atoms with Gasteiger partial charge in [-0.05, 0) is 47.9 Å². The lowest BCUT2D eigenvalue weighted by Gasteiger charge is -2.36. The molecule has 6 rings (SSSR count). The van der Waals surface area contributed by atoms with Crippen LogP contribution in [0.25, 0.3) is 10.9 Å². The van der Waals surface area contributed by atoms with Crippen molar-refractivity contribution >= 4 is 34.4 Å². The number of nitrogens with zero attached hydrogens (tertiary/aromatic N) is 2. The van der Waals surface area contributed by atoms with Crippen molar-refractivity contribution in [2.45, 2.75) is 31.8 Å². The van der Waals surface area contributed by atoms with Gasteiger partial charge in [-0.15, -0.1) is 0 Å². The fourth-order valence-corrected chi connectivity index (χ4v) is 5.62. The third-order valence-corrected chi connectivity index (χ3v) is 7.41. The van der Waals surface area contributed by atoms with Crippen LogP contribution in [0.5, 0.6) is 5.75 Å². The Balaban J connectivity index is 1.48. The second-order valence-corrected chi connectivity index (χ2v) is 9.59. The van der Waals surface area contributed by atoms with Gasteiger partial charge in [0.1, 0.15) is 17.8 Å². The Morgan fingerprint density at radius 1 is 1.03 bits per heavy atom. The lowest BCUT2D eigenvalue weighted by molar-refractivity contribution is -0.120. The quantitative estimate of drug-likeness (QED) is 0.366. The first-order valence-electron chi connectivity index (χ1n) is 12.8. The molecule has 3 aromatic carbocycles. The van der Waals surface area contributed by atoms with E-state index in [4.69, 9.17) is 4.74 Å². The number of methoxy groups -OCH3 is 1. The van der Waals surface area contributed by atoms with Gasteiger partial charge in [-0.1, -0.05) is 49.4 Å². The molecular weight excluding hydrogens is 480 g/mol. The van der Waals surface area contributed by atoms with E-state index in [-0.39, 0.29) is 11.8 Å². The summed E-state index contributed by atoms with van der Waals surface area (Å²) in [5.74, 6) is 0.0616. The molecule has 0 radical (unpaired) electrons. The molecule has 2 aliphatic rings. The molecule has 4 amide bonds. The van der Waals surface area contributed by atoms with Crippen LogP contribution >= 0.6 is 0 Å². The first-order valence-corrected chi connectivity index (χ1v) is 12.8. The summed E-state index contributed by atoms with van der Waals surface area (Å²) in [7, 11) is 1.61. The number of hydrogen-bond donors (Lipinski definition) is 2. The van der Waals surface area contributed by atoms with E-state index in [1.165, 1.54) is 4.90 Å². The van der Waals surface area contributed by atoms with Crippen molar-refractivity contribution in [2.24, 2.45) is 0 Å². The fourth-order valence-electron chi connectivity index (χ4n) is 5.62. The SMILES string of the molecule is CCCNC(=O)c1ccccc1N1C(=O)[C@@H]2Cc3c([nH]c4ccccc34)C(c3ccc(OC)cc3)N2C1=O. The summed E-state index contributed by atoms with van der Waals surface area (Å²) < 4.78 is 5.35. The van der Waals surface area contributed by atoms with Crippen molar-refractivity contribution in [3.8, 4) is 5.75 Å². The van der Waals surface area contributed by atoms with E-state index < -0.39 is 18.1 Å². The van der Waals surface area contributed by atoms with Crippen LogP contribution in [0.15, 0.2) is 72.8 Å². The van der Waals surface area contributed by atoms with E-state index in [2.05, 4.69) is 10.3 Å². The minimum atomic E-state index is -0.701. The van der Waals surface area contributed by atoms with Gasteiger partial charge in [0.05, 0.1) is 18.4 Å². The highest BCUT2D eigenvalue weighted by atomic mass is 16.5. The summed E-state index contributed by atoms with van der Waals surface area (Å²) in [4.78, 5) is 47.4. The standard InChI is InChI=1S/C30H28N4O4/c1-3-16-31-28(35)21-9-5-7-11-24(21)34-29(36)25-17-22-20-8-4-6-10-23(20)32-26(22)27(33(25)30(34)37)18-12-14-19(38-2)15-13-18/h4-15,25,27,32H,3,16-17H2,1-2H3,(H,31,35)/t25-,27?/m0/s1. The van der Waals surface area contributed by atoms with Crippen LogP contribution in [-0.2, 0) is 11.2 Å². The zero-order chi connectivity index (χ0) is 26.4. The van der Waals surface area contributed by atoms with Gasteiger partial charge in [0.2, 0.25) is 0 Å². The van der Waals surface area contributed by atoms with Gasteiger partial charge in [0.25, 0.3) is 11.8 Å². The molecule has 8 heteroatoms. The van der Waals surface area contributed by atoms with Gasteiger partial charge in [0, 0.05) is 29.6 Å². The molecular formula is C30H28N4O4. The molecule has 192 valence electrons. The number of carbonyl (C=O) groups is 3. The van der Waals surface area contributed by atoms with E-state index in [1.54, 1.807) is 36.3 Å². The Morgan fingerprint density at radius 3 is 2.53 bits per heavy atom. The second kappa shape index (κ2) is 9.37. The van der Waals surface area contributed by atoms with E-state index in [1.807, 2.05) is 55.5 Å². The summed E-state index contributed by atoms with van der Waals surface area (Å²) in [6.07, 6.45) is 1.16. The number of nitrogens with one attached hydrogen (secondary N) is 2.